The molecule has 0 fully saturated rings. The molecule has 0 aliphatic heterocycles. The third kappa shape index (κ3) is 5.81. The highest BCUT2D eigenvalue weighted by Crippen LogP contribution is 2.37. The molecule has 2 aromatic carbocycles. The van der Waals surface area contributed by atoms with Crippen molar-refractivity contribution in [2.45, 2.75) is 6.92 Å². The Balaban J connectivity index is 1.61. The first kappa shape index (κ1) is 26.3. The molecule has 0 atom stereocenters. The fraction of sp³-hybridized carbons (Fsp3) is 0.0741. The molecule has 2 heterocycles. The number of nitriles is 1. The maximum absolute atomic E-state index is 13.0. The Morgan fingerprint density at radius 3 is 2.63 bits per heavy atom. The molecule has 4 aromatic rings. The molecule has 11 heteroatoms. The van der Waals surface area contributed by atoms with E-state index in [-0.39, 0.29) is 34.2 Å². The molecule has 0 saturated carbocycles. The summed E-state index contributed by atoms with van der Waals surface area (Å²) in [6.45, 7) is 1.81. The van der Waals surface area contributed by atoms with Gasteiger partial charge in [0.2, 0.25) is 0 Å². The largest absolute Gasteiger partial charge is 0.462 e. The van der Waals surface area contributed by atoms with Crippen molar-refractivity contribution in [1.82, 2.24) is 0 Å². The molecule has 9 nitrogen and oxygen atoms in total. The summed E-state index contributed by atoms with van der Waals surface area (Å²) in [5.41, 5.74) is 1.51. The van der Waals surface area contributed by atoms with E-state index in [1.807, 2.05) is 6.07 Å². The van der Waals surface area contributed by atoms with Crippen LogP contribution in [0.5, 0.6) is 0 Å². The fourth-order valence-corrected chi connectivity index (χ4v) is 4.60. The van der Waals surface area contributed by atoms with Gasteiger partial charge < -0.3 is 14.5 Å². The zero-order valence-electron chi connectivity index (χ0n) is 19.8. The Labute approximate surface area is 225 Å². The minimum atomic E-state index is -0.754. The number of nitro benzene ring substituents is 1. The van der Waals surface area contributed by atoms with E-state index in [9.17, 15) is 25.0 Å². The summed E-state index contributed by atoms with van der Waals surface area (Å²) in [6.07, 6.45) is 1.24. The second-order valence-corrected chi connectivity index (χ2v) is 9.03. The van der Waals surface area contributed by atoms with Crippen molar-refractivity contribution >= 4 is 51.6 Å². The smallest absolute Gasteiger partial charge is 0.341 e. The molecule has 1 amide bonds. The molecule has 0 saturated heterocycles. The van der Waals surface area contributed by atoms with Crippen LogP contribution in [0.15, 0.2) is 76.0 Å². The van der Waals surface area contributed by atoms with E-state index < -0.39 is 16.8 Å². The fourth-order valence-electron chi connectivity index (χ4n) is 3.52. The average molecular weight is 548 g/mol. The summed E-state index contributed by atoms with van der Waals surface area (Å²) in [5.74, 6) is -0.857. The molecule has 0 aliphatic rings. The molecular weight excluding hydrogens is 530 g/mol. The summed E-state index contributed by atoms with van der Waals surface area (Å²) in [5, 5.41) is 25.8. The second kappa shape index (κ2) is 11.6. The van der Waals surface area contributed by atoms with Gasteiger partial charge in [-0.3, -0.25) is 14.9 Å². The van der Waals surface area contributed by atoms with Crippen LogP contribution in [0.2, 0.25) is 5.02 Å². The standard InChI is InChI=1S/C27H18ClN3O6S/c1-2-36-27(33)24-22(16-6-8-19(28)9-7-16)15-38-26(24)30-25(32)18(14-29)13-21-10-11-23(37-21)17-4-3-5-20(12-17)31(34)35/h3-13,15H,2H2,1H3,(H,30,32)/b18-13+. The first-order valence-electron chi connectivity index (χ1n) is 11.1. The third-order valence-electron chi connectivity index (χ3n) is 5.27. The van der Waals surface area contributed by atoms with Crippen molar-refractivity contribution in [3.63, 3.8) is 0 Å². The van der Waals surface area contributed by atoms with Crippen molar-refractivity contribution in [3.8, 4) is 28.5 Å². The Morgan fingerprint density at radius 1 is 1.18 bits per heavy atom. The summed E-state index contributed by atoms with van der Waals surface area (Å²) >= 11 is 7.10. The molecule has 0 radical (unpaired) electrons. The quantitative estimate of drug-likeness (QED) is 0.0827. The van der Waals surface area contributed by atoms with Crippen LogP contribution in [0.25, 0.3) is 28.5 Å². The number of hydrogen-bond donors (Lipinski definition) is 1. The van der Waals surface area contributed by atoms with E-state index in [1.165, 1.54) is 30.3 Å². The number of non-ortho nitro benzene ring substituents is 1. The number of ether oxygens (including phenoxy) is 1. The van der Waals surface area contributed by atoms with E-state index in [0.29, 0.717) is 27.5 Å². The van der Waals surface area contributed by atoms with Crippen LogP contribution in [0.4, 0.5) is 10.7 Å². The highest BCUT2D eigenvalue weighted by Gasteiger charge is 2.24. The van der Waals surface area contributed by atoms with E-state index in [4.69, 9.17) is 20.8 Å². The second-order valence-electron chi connectivity index (χ2n) is 7.71. The number of rotatable bonds is 8. The molecule has 0 bridgehead atoms. The monoisotopic (exact) mass is 547 g/mol. The molecule has 0 unspecified atom stereocenters. The Hall–Kier alpha value is -4.72. The van der Waals surface area contributed by atoms with E-state index in [0.717, 1.165) is 11.3 Å². The third-order valence-corrected chi connectivity index (χ3v) is 6.42. The lowest BCUT2D eigenvalue weighted by Crippen LogP contribution is -2.16. The Kier molecular flexibility index (Phi) is 8.01. The van der Waals surface area contributed by atoms with Gasteiger partial charge in [-0.1, -0.05) is 35.9 Å². The minimum absolute atomic E-state index is 0.0978. The number of carbonyl (C=O) groups excluding carboxylic acids is 2. The van der Waals surface area contributed by atoms with Crippen LogP contribution in [0.1, 0.15) is 23.0 Å². The van der Waals surface area contributed by atoms with Crippen molar-refractivity contribution in [2.75, 3.05) is 11.9 Å². The number of nitrogens with zero attached hydrogens (tertiary/aromatic N) is 2. The zero-order valence-corrected chi connectivity index (χ0v) is 21.3. The summed E-state index contributed by atoms with van der Waals surface area (Å²) in [4.78, 5) is 36.3. The highest BCUT2D eigenvalue weighted by molar-refractivity contribution is 7.15. The van der Waals surface area contributed by atoms with Crippen LogP contribution in [-0.4, -0.2) is 23.4 Å². The van der Waals surface area contributed by atoms with Crippen LogP contribution in [0, 0.1) is 21.4 Å². The van der Waals surface area contributed by atoms with Gasteiger partial charge in [-0.2, -0.15) is 5.26 Å². The number of nitrogens with one attached hydrogen (secondary N) is 1. The summed E-state index contributed by atoms with van der Waals surface area (Å²) in [6, 6.07) is 17.7. The maximum Gasteiger partial charge on any atom is 0.341 e. The normalized spacial score (nSPS) is 11.0. The lowest BCUT2D eigenvalue weighted by Gasteiger charge is -2.08. The number of halogens is 1. The molecule has 1 N–H and O–H groups in total. The van der Waals surface area contributed by atoms with Crippen molar-refractivity contribution in [3.05, 3.63) is 98.1 Å². The van der Waals surface area contributed by atoms with E-state index >= 15 is 0 Å². The minimum Gasteiger partial charge on any atom is -0.462 e. The van der Waals surface area contributed by atoms with E-state index in [2.05, 4.69) is 5.32 Å². The Bertz CT molecular complexity index is 1600. The molecule has 4 rings (SSSR count). The van der Waals surface area contributed by atoms with Gasteiger partial charge in [-0.25, -0.2) is 4.79 Å². The van der Waals surface area contributed by atoms with Crippen molar-refractivity contribution in [2.24, 2.45) is 0 Å². The topological polar surface area (TPSA) is 135 Å². The number of benzene rings is 2. The first-order chi connectivity index (χ1) is 18.3. The number of carbonyl (C=O) groups is 2. The number of hydrogen-bond acceptors (Lipinski definition) is 8. The number of amides is 1. The summed E-state index contributed by atoms with van der Waals surface area (Å²) in [7, 11) is 0. The molecule has 38 heavy (non-hydrogen) atoms. The molecular formula is C27H18ClN3O6S. The molecule has 2 aromatic heterocycles. The maximum atomic E-state index is 13.0. The predicted octanol–water partition coefficient (Wildman–Crippen LogP) is 6.96. The number of esters is 1. The van der Waals surface area contributed by atoms with Crippen LogP contribution in [-0.2, 0) is 9.53 Å². The predicted molar refractivity (Wildman–Crippen MR) is 144 cm³/mol. The average Bonchev–Trinajstić information content (AvgIpc) is 3.55. The van der Waals surface area contributed by atoms with Crippen molar-refractivity contribution < 1.29 is 23.7 Å². The molecule has 0 spiro atoms. The van der Waals surface area contributed by atoms with Crippen LogP contribution in [0.3, 0.4) is 0 Å². The molecule has 190 valence electrons. The van der Waals surface area contributed by atoms with Crippen LogP contribution < -0.4 is 5.32 Å². The van der Waals surface area contributed by atoms with E-state index in [1.54, 1.807) is 48.7 Å². The summed E-state index contributed by atoms with van der Waals surface area (Å²) < 4.78 is 10.9. The molecule has 0 aliphatic carbocycles. The van der Waals surface area contributed by atoms with Gasteiger partial charge in [-0.05, 0) is 36.8 Å². The van der Waals surface area contributed by atoms with Gasteiger partial charge in [0.25, 0.3) is 11.6 Å². The van der Waals surface area contributed by atoms with Gasteiger partial charge in [0.15, 0.2) is 0 Å². The van der Waals surface area contributed by atoms with Crippen LogP contribution >= 0.6 is 22.9 Å². The van der Waals surface area contributed by atoms with Gasteiger partial charge >= 0.3 is 5.97 Å². The number of furan rings is 1. The van der Waals surface area contributed by atoms with Gasteiger partial charge in [0, 0.05) is 39.7 Å². The first-order valence-corrected chi connectivity index (χ1v) is 12.4. The lowest BCUT2D eigenvalue weighted by molar-refractivity contribution is -0.384. The number of nitro groups is 1. The van der Waals surface area contributed by atoms with Gasteiger partial charge in [0.05, 0.1) is 11.5 Å². The highest BCUT2D eigenvalue weighted by atomic mass is 35.5. The Morgan fingerprint density at radius 2 is 1.95 bits per heavy atom. The van der Waals surface area contributed by atoms with Gasteiger partial charge in [-0.15, -0.1) is 11.3 Å². The number of anilines is 1. The van der Waals surface area contributed by atoms with Crippen molar-refractivity contribution in [1.29, 1.82) is 5.26 Å². The van der Waals surface area contributed by atoms with Gasteiger partial charge in [0.1, 0.15) is 33.7 Å². The number of thiophene rings is 1. The zero-order chi connectivity index (χ0) is 27.2. The SMILES string of the molecule is CCOC(=O)c1c(-c2ccc(Cl)cc2)csc1NC(=O)/C(C#N)=C/c1ccc(-c2cccc([N+](=O)[O-])c2)o1. The lowest BCUT2D eigenvalue weighted by atomic mass is 10.0.